The first-order valence-electron chi connectivity index (χ1n) is 5.94. The van der Waals surface area contributed by atoms with Gasteiger partial charge >= 0.3 is 5.97 Å². The monoisotopic (exact) mass is 300 g/mol. The van der Waals surface area contributed by atoms with Crippen molar-refractivity contribution in [2.24, 2.45) is 10.6 Å². The number of carbonyl (C=O) groups is 1. The number of carboxylic acids is 1. The Hall–Kier alpha value is -1.64. The molecule has 1 aromatic rings. The van der Waals surface area contributed by atoms with Crippen molar-refractivity contribution < 1.29 is 23.1 Å². The van der Waals surface area contributed by atoms with E-state index in [1.807, 2.05) is 0 Å². The van der Waals surface area contributed by atoms with E-state index in [1.165, 1.54) is 12.1 Å². The molecule has 1 aliphatic rings. The van der Waals surface area contributed by atoms with Crippen LogP contribution in [0.3, 0.4) is 0 Å². The largest absolute Gasteiger partial charge is 0.481 e. The van der Waals surface area contributed by atoms with Gasteiger partial charge in [0.1, 0.15) is 5.41 Å². The molecule has 7 nitrogen and oxygen atoms in total. The number of hydrogen-bond donors (Lipinski definition) is 3. The van der Waals surface area contributed by atoms with Crippen molar-refractivity contribution in [1.29, 1.82) is 0 Å². The maximum Gasteiger partial charge on any atom is 0.313 e. The number of sulfonamides is 1. The molecule has 0 aliphatic carbocycles. The van der Waals surface area contributed by atoms with Crippen LogP contribution in [0.15, 0.2) is 29.2 Å². The summed E-state index contributed by atoms with van der Waals surface area (Å²) in [6.07, 6.45) is 0. The Kier molecular flexibility index (Phi) is 3.72. The molecular weight excluding hydrogens is 284 g/mol. The summed E-state index contributed by atoms with van der Waals surface area (Å²) < 4.78 is 27.5. The lowest BCUT2D eigenvalue weighted by molar-refractivity contribution is -0.148. The van der Waals surface area contributed by atoms with Crippen LogP contribution in [0.2, 0.25) is 0 Å². The fourth-order valence-electron chi connectivity index (χ4n) is 2.03. The smallest absolute Gasteiger partial charge is 0.313 e. The van der Waals surface area contributed by atoms with E-state index in [-0.39, 0.29) is 24.2 Å². The van der Waals surface area contributed by atoms with E-state index in [0.717, 1.165) is 0 Å². The van der Waals surface area contributed by atoms with E-state index < -0.39 is 21.4 Å². The SMILES string of the molecule is CC1(C(=O)O)COCC1Nc1ccc(S(N)(=O)=O)cc1. The molecule has 0 saturated carbocycles. The topological polar surface area (TPSA) is 119 Å². The number of nitrogens with one attached hydrogen (secondary N) is 1. The predicted molar refractivity (Wildman–Crippen MR) is 71.8 cm³/mol. The van der Waals surface area contributed by atoms with Gasteiger partial charge in [0, 0.05) is 5.69 Å². The van der Waals surface area contributed by atoms with Crippen LogP contribution in [-0.4, -0.2) is 38.7 Å². The molecular formula is C12H16N2O5S. The highest BCUT2D eigenvalue weighted by Gasteiger charge is 2.46. The standard InChI is InChI=1S/C12H16N2O5S/c1-12(11(15)16)7-19-6-10(12)14-8-2-4-9(5-3-8)20(13,17)18/h2-5,10,14H,6-7H2,1H3,(H,15,16)(H2,13,17,18). The number of anilines is 1. The Morgan fingerprint density at radius 1 is 1.45 bits per heavy atom. The number of benzene rings is 1. The minimum atomic E-state index is -3.73. The van der Waals surface area contributed by atoms with Crippen molar-refractivity contribution in [2.45, 2.75) is 17.9 Å². The Bertz CT molecular complexity index is 613. The van der Waals surface area contributed by atoms with Crippen LogP contribution in [-0.2, 0) is 19.6 Å². The molecule has 8 heteroatoms. The fraction of sp³-hybridized carbons (Fsp3) is 0.417. The summed E-state index contributed by atoms with van der Waals surface area (Å²) in [6.45, 7) is 2.02. The first-order chi connectivity index (χ1) is 9.23. The summed E-state index contributed by atoms with van der Waals surface area (Å²) in [6, 6.07) is 5.43. The van der Waals surface area contributed by atoms with Crippen LogP contribution in [0, 0.1) is 5.41 Å². The number of aliphatic carboxylic acids is 1. The molecule has 0 radical (unpaired) electrons. The fourth-order valence-corrected chi connectivity index (χ4v) is 2.54. The summed E-state index contributed by atoms with van der Waals surface area (Å²) in [7, 11) is -3.73. The van der Waals surface area contributed by atoms with Crippen LogP contribution in [0.1, 0.15) is 6.92 Å². The molecule has 110 valence electrons. The molecule has 20 heavy (non-hydrogen) atoms. The van der Waals surface area contributed by atoms with Crippen molar-refractivity contribution in [2.75, 3.05) is 18.5 Å². The van der Waals surface area contributed by atoms with Crippen LogP contribution >= 0.6 is 0 Å². The highest BCUT2D eigenvalue weighted by atomic mass is 32.2. The van der Waals surface area contributed by atoms with E-state index in [2.05, 4.69) is 5.32 Å². The molecule has 0 spiro atoms. The first-order valence-corrected chi connectivity index (χ1v) is 7.49. The van der Waals surface area contributed by atoms with E-state index in [4.69, 9.17) is 9.88 Å². The third-order valence-corrected chi connectivity index (χ3v) is 4.40. The zero-order valence-corrected chi connectivity index (χ0v) is 11.7. The van der Waals surface area contributed by atoms with Gasteiger partial charge in [0.05, 0.1) is 24.2 Å². The second kappa shape index (κ2) is 5.04. The van der Waals surface area contributed by atoms with Gasteiger partial charge < -0.3 is 15.2 Å². The normalized spacial score (nSPS) is 26.4. The van der Waals surface area contributed by atoms with Gasteiger partial charge in [-0.2, -0.15) is 0 Å². The van der Waals surface area contributed by atoms with Crippen LogP contribution < -0.4 is 10.5 Å². The highest BCUT2D eigenvalue weighted by molar-refractivity contribution is 7.89. The maximum absolute atomic E-state index is 11.3. The van der Waals surface area contributed by atoms with E-state index in [9.17, 15) is 18.3 Å². The second-order valence-corrected chi connectivity index (χ2v) is 6.57. The summed E-state index contributed by atoms with van der Waals surface area (Å²) in [5.74, 6) is -0.936. The van der Waals surface area contributed by atoms with Gasteiger partial charge in [-0.05, 0) is 31.2 Å². The van der Waals surface area contributed by atoms with Crippen molar-refractivity contribution in [3.05, 3.63) is 24.3 Å². The lowest BCUT2D eigenvalue weighted by Gasteiger charge is -2.26. The number of primary sulfonamides is 1. The van der Waals surface area contributed by atoms with Crippen molar-refractivity contribution in [3.63, 3.8) is 0 Å². The molecule has 4 N–H and O–H groups in total. The molecule has 0 bridgehead atoms. The second-order valence-electron chi connectivity index (χ2n) is 5.00. The minimum Gasteiger partial charge on any atom is -0.481 e. The maximum atomic E-state index is 11.3. The number of ether oxygens (including phenoxy) is 1. The van der Waals surface area contributed by atoms with Crippen molar-refractivity contribution in [1.82, 2.24) is 0 Å². The van der Waals surface area contributed by atoms with E-state index in [0.29, 0.717) is 5.69 Å². The average molecular weight is 300 g/mol. The molecule has 1 saturated heterocycles. The van der Waals surface area contributed by atoms with Gasteiger partial charge in [-0.15, -0.1) is 0 Å². The number of nitrogens with two attached hydrogens (primary N) is 1. The van der Waals surface area contributed by atoms with Crippen molar-refractivity contribution in [3.8, 4) is 0 Å². The lowest BCUT2D eigenvalue weighted by atomic mass is 9.85. The molecule has 1 aromatic carbocycles. The molecule has 0 aromatic heterocycles. The summed E-state index contributed by atoms with van der Waals surface area (Å²) in [4.78, 5) is 11.3. The Morgan fingerprint density at radius 2 is 2.05 bits per heavy atom. The molecule has 1 fully saturated rings. The third kappa shape index (κ3) is 2.77. The van der Waals surface area contributed by atoms with Gasteiger partial charge in [-0.1, -0.05) is 0 Å². The Morgan fingerprint density at radius 3 is 2.55 bits per heavy atom. The molecule has 2 unspecified atom stereocenters. The summed E-state index contributed by atoms with van der Waals surface area (Å²) in [5, 5.41) is 17.3. The Balaban J connectivity index is 2.17. The average Bonchev–Trinajstić information content (AvgIpc) is 2.72. The van der Waals surface area contributed by atoms with Crippen LogP contribution in [0.5, 0.6) is 0 Å². The molecule has 0 amide bonds. The van der Waals surface area contributed by atoms with Gasteiger partial charge in [0.25, 0.3) is 0 Å². The lowest BCUT2D eigenvalue weighted by Crippen LogP contribution is -2.43. The van der Waals surface area contributed by atoms with Gasteiger partial charge in [-0.25, -0.2) is 13.6 Å². The third-order valence-electron chi connectivity index (χ3n) is 3.47. The van der Waals surface area contributed by atoms with E-state index in [1.54, 1.807) is 19.1 Å². The number of carboxylic acid groups (broad SMARTS) is 1. The molecule has 1 aliphatic heterocycles. The number of rotatable bonds is 4. The minimum absolute atomic E-state index is 0.00622. The molecule has 2 rings (SSSR count). The molecule has 1 heterocycles. The first kappa shape index (κ1) is 14.8. The van der Waals surface area contributed by atoms with Gasteiger partial charge in [-0.3, -0.25) is 4.79 Å². The zero-order chi connectivity index (χ0) is 15.0. The Labute approximate surface area is 116 Å². The van der Waals surface area contributed by atoms with E-state index >= 15 is 0 Å². The highest BCUT2D eigenvalue weighted by Crippen LogP contribution is 2.31. The van der Waals surface area contributed by atoms with Crippen LogP contribution in [0.25, 0.3) is 0 Å². The summed E-state index contributed by atoms with van der Waals surface area (Å²) in [5.41, 5.74) is -0.404. The zero-order valence-electron chi connectivity index (χ0n) is 10.9. The van der Waals surface area contributed by atoms with Gasteiger partial charge in [0.15, 0.2) is 0 Å². The predicted octanol–water partition coefficient (Wildman–Crippen LogP) is 0.236. The number of hydrogen-bond acceptors (Lipinski definition) is 5. The quantitative estimate of drug-likeness (QED) is 0.732. The summed E-state index contributed by atoms with van der Waals surface area (Å²) >= 11 is 0. The van der Waals surface area contributed by atoms with Gasteiger partial charge in [0.2, 0.25) is 10.0 Å². The molecule has 2 atom stereocenters. The van der Waals surface area contributed by atoms with Crippen LogP contribution in [0.4, 0.5) is 5.69 Å². The van der Waals surface area contributed by atoms with Crippen molar-refractivity contribution >= 4 is 21.7 Å².